The van der Waals surface area contributed by atoms with Gasteiger partial charge in [0.05, 0.1) is 0 Å². The molecule has 2 rings (SSSR count). The third-order valence-electron chi connectivity index (χ3n) is 4.43. The molecule has 1 aromatic carbocycles. The molecular formula is C17H23BrO3. The summed E-state index contributed by atoms with van der Waals surface area (Å²) in [6, 6.07) is 0. The van der Waals surface area contributed by atoms with Crippen LogP contribution in [0, 0.1) is 20.8 Å². The molecule has 0 spiro atoms. The SMILES string of the molecule is CC(=O)Oc1c(C)c(C)c2c(c1C)CCC(C)(CCBr)O2. The molecule has 0 saturated heterocycles. The van der Waals surface area contributed by atoms with Crippen molar-refractivity contribution in [3.8, 4) is 11.5 Å². The first-order valence-electron chi connectivity index (χ1n) is 7.35. The summed E-state index contributed by atoms with van der Waals surface area (Å²) in [5.74, 6) is 1.41. The smallest absolute Gasteiger partial charge is 0.308 e. The van der Waals surface area contributed by atoms with Crippen LogP contribution in [0.2, 0.25) is 0 Å². The fourth-order valence-electron chi connectivity index (χ4n) is 2.95. The quantitative estimate of drug-likeness (QED) is 0.458. The molecule has 116 valence electrons. The Labute approximate surface area is 135 Å². The lowest BCUT2D eigenvalue weighted by Crippen LogP contribution is -2.37. The highest BCUT2D eigenvalue weighted by atomic mass is 79.9. The van der Waals surface area contributed by atoms with Gasteiger partial charge >= 0.3 is 5.97 Å². The largest absolute Gasteiger partial charge is 0.487 e. The van der Waals surface area contributed by atoms with Gasteiger partial charge in [-0.1, -0.05) is 15.9 Å². The predicted molar refractivity (Wildman–Crippen MR) is 87.7 cm³/mol. The summed E-state index contributed by atoms with van der Waals surface area (Å²) in [6.07, 6.45) is 2.92. The van der Waals surface area contributed by atoms with E-state index >= 15 is 0 Å². The van der Waals surface area contributed by atoms with E-state index in [0.717, 1.165) is 47.0 Å². The summed E-state index contributed by atoms with van der Waals surface area (Å²) < 4.78 is 11.8. The summed E-state index contributed by atoms with van der Waals surface area (Å²) in [5.41, 5.74) is 4.16. The lowest BCUT2D eigenvalue weighted by molar-refractivity contribution is -0.132. The standard InChI is InChI=1S/C17H23BrO3/c1-10-11(2)16-14(12(3)15(10)20-13(4)19)6-7-17(5,21-16)8-9-18/h6-9H2,1-5H3. The molecule has 4 heteroatoms. The minimum Gasteiger partial charge on any atom is -0.487 e. The lowest BCUT2D eigenvalue weighted by atomic mass is 9.86. The van der Waals surface area contributed by atoms with Crippen molar-refractivity contribution in [1.82, 2.24) is 0 Å². The highest BCUT2D eigenvalue weighted by Gasteiger charge is 2.34. The van der Waals surface area contributed by atoms with Crippen molar-refractivity contribution in [3.63, 3.8) is 0 Å². The van der Waals surface area contributed by atoms with Crippen molar-refractivity contribution in [1.29, 1.82) is 0 Å². The van der Waals surface area contributed by atoms with Gasteiger partial charge in [-0.2, -0.15) is 0 Å². The number of hydrogen-bond acceptors (Lipinski definition) is 3. The summed E-state index contributed by atoms with van der Waals surface area (Å²) in [4.78, 5) is 11.3. The molecular weight excluding hydrogens is 332 g/mol. The Morgan fingerprint density at radius 1 is 1.29 bits per heavy atom. The van der Waals surface area contributed by atoms with Crippen molar-refractivity contribution in [2.45, 2.75) is 59.5 Å². The van der Waals surface area contributed by atoms with Crippen LogP contribution < -0.4 is 9.47 Å². The van der Waals surface area contributed by atoms with E-state index in [4.69, 9.17) is 9.47 Å². The molecule has 1 atom stereocenters. The van der Waals surface area contributed by atoms with Gasteiger partial charge in [0.15, 0.2) is 0 Å². The number of fused-ring (bicyclic) bond motifs is 1. The summed E-state index contributed by atoms with van der Waals surface area (Å²) in [6.45, 7) is 9.65. The molecule has 3 nitrogen and oxygen atoms in total. The zero-order valence-electron chi connectivity index (χ0n) is 13.4. The van der Waals surface area contributed by atoms with Gasteiger partial charge in [-0.05, 0) is 63.6 Å². The molecule has 0 saturated carbocycles. The van der Waals surface area contributed by atoms with Gasteiger partial charge in [0.25, 0.3) is 0 Å². The average molecular weight is 355 g/mol. The number of benzene rings is 1. The molecule has 1 aliphatic heterocycles. The van der Waals surface area contributed by atoms with Crippen LogP contribution in [0.15, 0.2) is 0 Å². The van der Waals surface area contributed by atoms with Crippen molar-refractivity contribution < 1.29 is 14.3 Å². The summed E-state index contributed by atoms with van der Waals surface area (Å²) in [5, 5.41) is 0.932. The summed E-state index contributed by atoms with van der Waals surface area (Å²) in [7, 11) is 0. The van der Waals surface area contributed by atoms with Crippen molar-refractivity contribution >= 4 is 21.9 Å². The second-order valence-corrected chi connectivity index (χ2v) is 6.89. The van der Waals surface area contributed by atoms with E-state index in [1.165, 1.54) is 12.5 Å². The zero-order valence-corrected chi connectivity index (χ0v) is 15.0. The fraction of sp³-hybridized carbons (Fsp3) is 0.588. The minimum absolute atomic E-state index is 0.122. The molecule has 0 fully saturated rings. The van der Waals surface area contributed by atoms with Crippen LogP contribution in [0.25, 0.3) is 0 Å². The molecule has 0 amide bonds. The Balaban J connectivity index is 2.51. The number of esters is 1. The van der Waals surface area contributed by atoms with Crippen molar-refractivity contribution in [3.05, 3.63) is 22.3 Å². The van der Waals surface area contributed by atoms with Crippen LogP contribution in [0.4, 0.5) is 0 Å². The maximum Gasteiger partial charge on any atom is 0.308 e. The van der Waals surface area contributed by atoms with Crippen molar-refractivity contribution in [2.75, 3.05) is 5.33 Å². The predicted octanol–water partition coefficient (Wildman–Crippen LogP) is 4.41. The minimum atomic E-state index is -0.276. The highest BCUT2D eigenvalue weighted by Crippen LogP contribution is 2.44. The number of rotatable bonds is 3. The second-order valence-electron chi connectivity index (χ2n) is 6.10. The number of hydrogen-bond donors (Lipinski definition) is 0. The first-order valence-corrected chi connectivity index (χ1v) is 8.47. The number of ether oxygens (including phenoxy) is 2. The lowest BCUT2D eigenvalue weighted by Gasteiger charge is -2.38. The van der Waals surface area contributed by atoms with Gasteiger partial charge < -0.3 is 9.47 Å². The van der Waals surface area contributed by atoms with Crippen LogP contribution in [0.3, 0.4) is 0 Å². The van der Waals surface area contributed by atoms with Gasteiger partial charge in [0.2, 0.25) is 0 Å². The summed E-state index contributed by atoms with van der Waals surface area (Å²) >= 11 is 3.51. The molecule has 1 heterocycles. The zero-order chi connectivity index (χ0) is 15.8. The van der Waals surface area contributed by atoms with E-state index in [1.807, 2.05) is 20.8 Å². The highest BCUT2D eigenvalue weighted by molar-refractivity contribution is 9.09. The van der Waals surface area contributed by atoms with Gasteiger partial charge in [-0.3, -0.25) is 4.79 Å². The molecule has 0 bridgehead atoms. The van der Waals surface area contributed by atoms with Crippen LogP contribution >= 0.6 is 15.9 Å². The maximum atomic E-state index is 11.3. The molecule has 1 aliphatic rings. The number of alkyl halides is 1. The van der Waals surface area contributed by atoms with E-state index in [2.05, 4.69) is 22.9 Å². The van der Waals surface area contributed by atoms with E-state index in [1.54, 1.807) is 0 Å². The van der Waals surface area contributed by atoms with Gasteiger partial charge in [-0.25, -0.2) is 0 Å². The van der Waals surface area contributed by atoms with Gasteiger partial charge in [-0.15, -0.1) is 0 Å². The average Bonchev–Trinajstić information content (AvgIpc) is 2.41. The Morgan fingerprint density at radius 2 is 1.95 bits per heavy atom. The molecule has 1 unspecified atom stereocenters. The molecule has 1 aromatic rings. The molecule has 0 N–H and O–H groups in total. The Kier molecular flexibility index (Phi) is 4.66. The number of carbonyl (C=O) groups excluding carboxylic acids is 1. The molecule has 0 aliphatic carbocycles. The first kappa shape index (κ1) is 16.3. The third-order valence-corrected chi connectivity index (χ3v) is 4.83. The monoisotopic (exact) mass is 354 g/mol. The maximum absolute atomic E-state index is 11.3. The van der Waals surface area contributed by atoms with E-state index in [9.17, 15) is 4.79 Å². The van der Waals surface area contributed by atoms with Gasteiger partial charge in [0, 0.05) is 17.8 Å². The Morgan fingerprint density at radius 3 is 2.52 bits per heavy atom. The Hall–Kier alpha value is -1.03. The third kappa shape index (κ3) is 3.10. The Bertz CT molecular complexity index is 580. The van der Waals surface area contributed by atoms with Crippen LogP contribution in [-0.2, 0) is 11.2 Å². The second kappa shape index (κ2) is 5.99. The normalized spacial score (nSPS) is 20.7. The van der Waals surface area contributed by atoms with Crippen LogP contribution in [0.1, 0.15) is 48.9 Å². The topological polar surface area (TPSA) is 35.5 Å². The van der Waals surface area contributed by atoms with E-state index in [-0.39, 0.29) is 11.6 Å². The van der Waals surface area contributed by atoms with E-state index in [0.29, 0.717) is 5.75 Å². The molecule has 21 heavy (non-hydrogen) atoms. The first-order chi connectivity index (χ1) is 9.79. The fourth-order valence-corrected chi connectivity index (χ4v) is 3.79. The number of carbonyl (C=O) groups is 1. The van der Waals surface area contributed by atoms with E-state index < -0.39 is 0 Å². The molecule has 0 aromatic heterocycles. The van der Waals surface area contributed by atoms with Crippen LogP contribution in [-0.4, -0.2) is 16.9 Å². The van der Waals surface area contributed by atoms with Crippen molar-refractivity contribution in [2.24, 2.45) is 0 Å². The van der Waals surface area contributed by atoms with Gasteiger partial charge in [0.1, 0.15) is 17.1 Å². The number of halogens is 1. The molecule has 0 radical (unpaired) electrons. The van der Waals surface area contributed by atoms with Crippen LogP contribution in [0.5, 0.6) is 11.5 Å².